The maximum atomic E-state index is 13.5. The molecular weight excluding hydrogens is 492 g/mol. The van der Waals surface area contributed by atoms with Crippen LogP contribution >= 0.6 is 11.6 Å². The van der Waals surface area contributed by atoms with Crippen molar-refractivity contribution in [3.8, 4) is 17.2 Å². The van der Waals surface area contributed by atoms with Gasteiger partial charge in [0.15, 0.2) is 17.6 Å². The maximum Gasteiger partial charge on any atom is 0.264 e. The molecular formula is C25H25ClN2O6S. The van der Waals surface area contributed by atoms with Crippen molar-refractivity contribution in [1.29, 1.82) is 0 Å². The molecule has 1 aliphatic heterocycles. The van der Waals surface area contributed by atoms with Crippen molar-refractivity contribution in [2.24, 2.45) is 0 Å². The third kappa shape index (κ3) is 5.47. The number of carbonyl (C=O) groups excluding carboxylic acids is 1. The average molecular weight is 517 g/mol. The Balaban J connectivity index is 1.49. The Morgan fingerprint density at radius 1 is 1.11 bits per heavy atom. The first-order valence-corrected chi connectivity index (χ1v) is 12.7. The molecule has 0 fully saturated rings. The molecule has 0 bridgehead atoms. The van der Waals surface area contributed by atoms with Crippen LogP contribution in [0.5, 0.6) is 17.2 Å². The topological polar surface area (TPSA) is 94.2 Å². The number of hydrogen-bond acceptors (Lipinski definition) is 6. The number of fused-ring (bicyclic) bond motifs is 1. The van der Waals surface area contributed by atoms with Crippen LogP contribution in [-0.4, -0.2) is 47.2 Å². The molecule has 3 aromatic rings. The van der Waals surface area contributed by atoms with E-state index in [4.69, 9.17) is 25.8 Å². The second-order valence-corrected chi connectivity index (χ2v) is 10.2. The molecule has 184 valence electrons. The van der Waals surface area contributed by atoms with Gasteiger partial charge in [-0.25, -0.2) is 8.42 Å². The highest BCUT2D eigenvalue weighted by molar-refractivity contribution is 7.92. The number of ether oxygens (including phenoxy) is 3. The predicted molar refractivity (Wildman–Crippen MR) is 133 cm³/mol. The molecule has 8 nitrogen and oxygen atoms in total. The van der Waals surface area contributed by atoms with E-state index in [2.05, 4.69) is 5.32 Å². The summed E-state index contributed by atoms with van der Waals surface area (Å²) >= 11 is 6.14. The number of anilines is 1. The van der Waals surface area contributed by atoms with Crippen LogP contribution in [0.25, 0.3) is 0 Å². The molecule has 1 aliphatic rings. The predicted octanol–water partition coefficient (Wildman–Crippen LogP) is 3.81. The number of methoxy groups -OCH3 is 1. The largest absolute Gasteiger partial charge is 0.493 e. The maximum absolute atomic E-state index is 13.5. The molecule has 35 heavy (non-hydrogen) atoms. The average Bonchev–Trinajstić information content (AvgIpc) is 2.86. The normalized spacial score (nSPS) is 15.1. The van der Waals surface area contributed by atoms with Gasteiger partial charge in [-0.15, -0.1) is 0 Å². The number of aryl methyl sites for hydroxylation is 1. The Hall–Kier alpha value is -3.43. The summed E-state index contributed by atoms with van der Waals surface area (Å²) < 4.78 is 44.9. The van der Waals surface area contributed by atoms with Crippen LogP contribution in [0.4, 0.5) is 5.69 Å². The third-order valence-electron chi connectivity index (χ3n) is 5.42. The van der Waals surface area contributed by atoms with Crippen LogP contribution in [0.15, 0.2) is 71.6 Å². The lowest BCUT2D eigenvalue weighted by Gasteiger charge is -2.34. The Bertz CT molecular complexity index is 1310. The van der Waals surface area contributed by atoms with E-state index >= 15 is 0 Å². The summed E-state index contributed by atoms with van der Waals surface area (Å²) in [6.07, 6.45) is -1.06. The quantitative estimate of drug-likeness (QED) is 0.458. The lowest BCUT2D eigenvalue weighted by atomic mass is 10.2. The number of benzene rings is 3. The van der Waals surface area contributed by atoms with E-state index in [1.807, 2.05) is 19.1 Å². The number of rotatable bonds is 8. The van der Waals surface area contributed by atoms with E-state index < -0.39 is 22.0 Å². The summed E-state index contributed by atoms with van der Waals surface area (Å²) in [4.78, 5) is 13.0. The van der Waals surface area contributed by atoms with Crippen LogP contribution < -0.4 is 23.8 Å². The molecule has 4 rings (SSSR count). The zero-order valence-electron chi connectivity index (χ0n) is 19.2. The number of hydrogen-bond donors (Lipinski definition) is 1. The van der Waals surface area contributed by atoms with Gasteiger partial charge in [-0.1, -0.05) is 41.4 Å². The molecule has 0 aromatic heterocycles. The molecule has 0 radical (unpaired) electrons. The van der Waals surface area contributed by atoms with Crippen molar-refractivity contribution in [1.82, 2.24) is 5.32 Å². The molecule has 1 heterocycles. The number of nitrogens with zero attached hydrogens (tertiary/aromatic N) is 1. The Morgan fingerprint density at radius 2 is 1.83 bits per heavy atom. The van der Waals surface area contributed by atoms with Crippen molar-refractivity contribution in [3.63, 3.8) is 0 Å². The first-order valence-electron chi connectivity index (χ1n) is 10.9. The molecule has 0 aliphatic carbocycles. The SMILES string of the molecule is COc1ccccc1OCCNC(=O)[C@H]1CN(S(=O)(=O)c2ccc(C)cc2)c2cc(Cl)ccc2O1. The second kappa shape index (κ2) is 10.5. The number of nitrogens with one attached hydrogen (secondary N) is 1. The van der Waals surface area contributed by atoms with Gasteiger partial charge in [0.05, 0.1) is 30.8 Å². The molecule has 0 saturated heterocycles. The number of para-hydroxylation sites is 2. The number of carbonyl (C=O) groups is 1. The van der Waals surface area contributed by atoms with Crippen molar-refractivity contribution in [2.45, 2.75) is 17.9 Å². The summed E-state index contributed by atoms with van der Waals surface area (Å²) in [6, 6.07) is 18.3. The summed E-state index contributed by atoms with van der Waals surface area (Å²) in [7, 11) is -2.42. The van der Waals surface area contributed by atoms with Crippen molar-refractivity contribution < 1.29 is 27.4 Å². The minimum absolute atomic E-state index is 0.111. The minimum atomic E-state index is -3.97. The van der Waals surface area contributed by atoms with Crippen LogP contribution in [0.3, 0.4) is 0 Å². The first-order chi connectivity index (χ1) is 16.8. The zero-order chi connectivity index (χ0) is 25.0. The zero-order valence-corrected chi connectivity index (χ0v) is 20.8. The third-order valence-corrected chi connectivity index (χ3v) is 7.45. The van der Waals surface area contributed by atoms with Crippen LogP contribution in [-0.2, 0) is 14.8 Å². The first kappa shape index (κ1) is 24.7. The molecule has 1 amide bonds. The van der Waals surface area contributed by atoms with Gasteiger partial charge in [0.1, 0.15) is 12.4 Å². The number of amides is 1. The summed E-state index contributed by atoms with van der Waals surface area (Å²) in [5.74, 6) is 0.932. The summed E-state index contributed by atoms with van der Waals surface area (Å²) in [5, 5.41) is 3.10. The fourth-order valence-corrected chi connectivity index (χ4v) is 5.25. The van der Waals surface area contributed by atoms with E-state index in [0.717, 1.165) is 9.87 Å². The number of sulfonamides is 1. The lowest BCUT2D eigenvalue weighted by molar-refractivity contribution is -0.127. The number of halogens is 1. The van der Waals surface area contributed by atoms with Gasteiger partial charge in [-0.2, -0.15) is 0 Å². The Labute approximate surface area is 209 Å². The monoisotopic (exact) mass is 516 g/mol. The van der Waals surface area contributed by atoms with Gasteiger partial charge in [0.2, 0.25) is 0 Å². The molecule has 0 unspecified atom stereocenters. The van der Waals surface area contributed by atoms with Gasteiger partial charge in [-0.05, 0) is 49.4 Å². The van der Waals surface area contributed by atoms with E-state index in [1.165, 1.54) is 18.2 Å². The van der Waals surface area contributed by atoms with Crippen LogP contribution in [0, 0.1) is 6.92 Å². The minimum Gasteiger partial charge on any atom is -0.493 e. The second-order valence-electron chi connectivity index (χ2n) is 7.86. The van der Waals surface area contributed by atoms with Gasteiger partial charge >= 0.3 is 0 Å². The molecule has 0 saturated carbocycles. The molecule has 1 N–H and O–H groups in total. The van der Waals surface area contributed by atoms with Gasteiger partial charge in [0, 0.05) is 5.02 Å². The molecule has 0 spiro atoms. The fourth-order valence-electron chi connectivity index (χ4n) is 3.61. The van der Waals surface area contributed by atoms with Gasteiger partial charge in [0.25, 0.3) is 15.9 Å². The van der Waals surface area contributed by atoms with Crippen molar-refractivity contribution in [2.75, 3.05) is 31.1 Å². The van der Waals surface area contributed by atoms with Crippen LogP contribution in [0.2, 0.25) is 5.02 Å². The summed E-state index contributed by atoms with van der Waals surface area (Å²) in [6.45, 7) is 2.05. The van der Waals surface area contributed by atoms with Crippen LogP contribution in [0.1, 0.15) is 5.56 Å². The highest BCUT2D eigenvalue weighted by atomic mass is 35.5. The summed E-state index contributed by atoms with van der Waals surface area (Å²) in [5.41, 5.74) is 1.21. The van der Waals surface area contributed by atoms with Gasteiger partial charge in [-0.3, -0.25) is 9.10 Å². The van der Waals surface area contributed by atoms with E-state index in [1.54, 1.807) is 43.5 Å². The Morgan fingerprint density at radius 3 is 2.54 bits per heavy atom. The van der Waals surface area contributed by atoms with E-state index in [0.29, 0.717) is 16.5 Å². The molecule has 10 heteroatoms. The highest BCUT2D eigenvalue weighted by Gasteiger charge is 2.37. The Kier molecular flexibility index (Phi) is 7.37. The highest BCUT2D eigenvalue weighted by Crippen LogP contribution is 2.39. The lowest BCUT2D eigenvalue weighted by Crippen LogP contribution is -2.51. The van der Waals surface area contributed by atoms with Gasteiger partial charge < -0.3 is 19.5 Å². The fraction of sp³-hybridized carbons (Fsp3) is 0.240. The van der Waals surface area contributed by atoms with E-state index in [9.17, 15) is 13.2 Å². The van der Waals surface area contributed by atoms with Crippen molar-refractivity contribution >= 4 is 33.2 Å². The molecule has 1 atom stereocenters. The van der Waals surface area contributed by atoms with E-state index in [-0.39, 0.29) is 36.0 Å². The van der Waals surface area contributed by atoms with Crippen molar-refractivity contribution in [3.05, 3.63) is 77.3 Å². The molecule has 3 aromatic carbocycles. The standard InChI is InChI=1S/C25H25ClN2O6S/c1-17-7-10-19(11-8-17)35(30,31)28-16-24(34-21-12-9-18(26)15-20(21)28)25(29)27-13-14-33-23-6-4-3-5-22(23)32-2/h3-12,15,24H,13-14,16H2,1-2H3,(H,27,29)/t24-/m1/s1. The smallest absolute Gasteiger partial charge is 0.264 e.